The first-order valence-electron chi connectivity index (χ1n) is 8.46. The molecule has 30 heavy (non-hydrogen) atoms. The van der Waals surface area contributed by atoms with Gasteiger partial charge in [-0.05, 0) is 35.9 Å². The number of non-ortho nitro benzene ring substituents is 1. The van der Waals surface area contributed by atoms with Crippen molar-refractivity contribution >= 4 is 40.8 Å². The van der Waals surface area contributed by atoms with Gasteiger partial charge in [0.1, 0.15) is 4.91 Å². The van der Waals surface area contributed by atoms with Crippen LogP contribution in [0.3, 0.4) is 0 Å². The summed E-state index contributed by atoms with van der Waals surface area (Å²) in [5.74, 6) is 1.08. The maximum Gasteiger partial charge on any atom is 0.433 e. The number of carbonyl (C=O) groups is 1. The number of hydrogen-bond acceptors (Lipinski definition) is 7. The third kappa shape index (κ3) is 3.98. The lowest BCUT2D eigenvalue weighted by Crippen LogP contribution is -3.00. The molecule has 3 aromatic rings. The van der Waals surface area contributed by atoms with Crippen LogP contribution in [0.4, 0.5) is 5.69 Å². The molecule has 2 aromatic carbocycles. The number of methoxy groups -OCH3 is 2. The van der Waals surface area contributed by atoms with Crippen LogP contribution in [0.1, 0.15) is 10.4 Å². The van der Waals surface area contributed by atoms with Gasteiger partial charge in [-0.25, -0.2) is 4.79 Å². The maximum atomic E-state index is 13.0. The van der Waals surface area contributed by atoms with Gasteiger partial charge in [-0.2, -0.15) is 0 Å². The molecule has 0 fully saturated rings. The van der Waals surface area contributed by atoms with Crippen molar-refractivity contribution < 1.29 is 40.7 Å². The highest BCUT2D eigenvalue weighted by molar-refractivity contribution is 8.05. The lowest BCUT2D eigenvalue weighted by molar-refractivity contribution is -0.588. The number of nitro benzene ring substituents is 1. The second-order valence-electron chi connectivity index (χ2n) is 6.06. The Morgan fingerprint density at radius 3 is 2.40 bits per heavy atom. The van der Waals surface area contributed by atoms with Crippen molar-refractivity contribution in [1.29, 1.82) is 0 Å². The average Bonchev–Trinajstić information content (AvgIpc) is 3.28. The van der Waals surface area contributed by atoms with Crippen LogP contribution in [-0.4, -0.2) is 25.1 Å². The molecule has 0 atom stereocenters. The van der Waals surface area contributed by atoms with E-state index in [9.17, 15) is 14.9 Å². The zero-order chi connectivity index (χ0) is 20.5. The molecule has 0 saturated carbocycles. The van der Waals surface area contributed by atoms with E-state index in [1.807, 2.05) is 23.6 Å². The van der Waals surface area contributed by atoms with E-state index in [4.69, 9.17) is 9.47 Å². The van der Waals surface area contributed by atoms with E-state index in [2.05, 4.69) is 0 Å². The highest BCUT2D eigenvalue weighted by atomic mass is 79.9. The first-order valence-corrected chi connectivity index (χ1v) is 10.2. The van der Waals surface area contributed by atoms with Gasteiger partial charge in [0.25, 0.3) is 5.69 Å². The van der Waals surface area contributed by atoms with Crippen LogP contribution in [0.5, 0.6) is 11.5 Å². The molecular formula is C20H15BrN2O5S2. The van der Waals surface area contributed by atoms with Crippen molar-refractivity contribution in [2.24, 2.45) is 0 Å². The molecule has 0 amide bonds. The predicted molar refractivity (Wildman–Crippen MR) is 111 cm³/mol. The fraction of sp³-hybridized carbons (Fsp3) is 0.100. The summed E-state index contributed by atoms with van der Waals surface area (Å²) in [4.78, 5) is 24.0. The van der Waals surface area contributed by atoms with Crippen molar-refractivity contribution in [3.05, 3.63) is 68.4 Å². The number of thiazole rings is 1. The molecule has 2 heterocycles. The monoisotopic (exact) mass is 506 g/mol. The fourth-order valence-electron chi connectivity index (χ4n) is 2.96. The van der Waals surface area contributed by atoms with Crippen molar-refractivity contribution in [2.75, 3.05) is 14.2 Å². The molecule has 0 spiro atoms. The first-order chi connectivity index (χ1) is 14.0. The molecule has 1 aliphatic rings. The Bertz CT molecular complexity index is 1160. The minimum atomic E-state index is -0.445. The summed E-state index contributed by atoms with van der Waals surface area (Å²) < 4.78 is 13.1. The number of nitrogens with zero attached hydrogens (tertiary/aromatic N) is 2. The summed E-state index contributed by atoms with van der Waals surface area (Å²) in [6.07, 6.45) is 1.81. The SMILES string of the molecule is COc1ccc(C=C2Sc3scc(-c4ccc([N+](=O)[O-])cc4)[n+]3C2=O)cc1OC.[Br-]. The normalized spacial score (nSPS) is 13.7. The minimum absolute atomic E-state index is 0. The predicted octanol–water partition coefficient (Wildman–Crippen LogP) is 1.42. The van der Waals surface area contributed by atoms with Crippen LogP contribution >= 0.6 is 23.1 Å². The number of fused-ring (bicyclic) bond motifs is 1. The highest BCUT2D eigenvalue weighted by Crippen LogP contribution is 2.39. The van der Waals surface area contributed by atoms with Crippen LogP contribution in [0, 0.1) is 10.1 Å². The molecule has 4 rings (SSSR count). The number of aromatic nitrogens is 1. The van der Waals surface area contributed by atoms with Crippen LogP contribution < -0.4 is 31.0 Å². The number of allylic oxidation sites excluding steroid dienone is 1. The van der Waals surface area contributed by atoms with Crippen LogP contribution in [0.15, 0.2) is 57.1 Å². The summed E-state index contributed by atoms with van der Waals surface area (Å²) in [6, 6.07) is 11.6. The van der Waals surface area contributed by atoms with Gasteiger partial charge in [-0.15, -0.1) is 4.57 Å². The topological polar surface area (TPSA) is 82.6 Å². The Balaban J connectivity index is 0.00000256. The molecular weight excluding hydrogens is 492 g/mol. The third-order valence-corrected chi connectivity index (χ3v) is 6.52. The Hall–Kier alpha value is -2.69. The van der Waals surface area contributed by atoms with Gasteiger partial charge in [0, 0.05) is 29.5 Å². The van der Waals surface area contributed by atoms with Gasteiger partial charge in [0.2, 0.25) is 5.69 Å². The molecule has 0 N–H and O–H groups in total. The Morgan fingerprint density at radius 1 is 1.07 bits per heavy atom. The Labute approximate surface area is 190 Å². The van der Waals surface area contributed by atoms with E-state index in [0.717, 1.165) is 15.5 Å². The Kier molecular flexibility index (Phi) is 6.59. The number of thioether (sulfide) groups is 1. The molecule has 0 unspecified atom stereocenters. The summed E-state index contributed by atoms with van der Waals surface area (Å²) >= 11 is 2.86. The lowest BCUT2D eigenvalue weighted by Gasteiger charge is -2.07. The van der Waals surface area contributed by atoms with E-state index >= 15 is 0 Å². The van der Waals surface area contributed by atoms with Crippen molar-refractivity contribution in [3.8, 4) is 22.8 Å². The molecule has 1 aliphatic heterocycles. The number of ether oxygens (including phenoxy) is 2. The second kappa shape index (κ2) is 8.99. The van der Waals surface area contributed by atoms with Gasteiger partial charge in [-0.3, -0.25) is 10.1 Å². The fourth-order valence-corrected chi connectivity index (χ4v) is 5.14. The number of carbonyl (C=O) groups excluding carboxylic acids is 1. The largest absolute Gasteiger partial charge is 1.00 e. The van der Waals surface area contributed by atoms with E-state index < -0.39 is 4.92 Å². The zero-order valence-electron chi connectivity index (χ0n) is 15.8. The number of benzene rings is 2. The van der Waals surface area contributed by atoms with Crippen LogP contribution in [0.2, 0.25) is 0 Å². The molecule has 0 saturated heterocycles. The molecule has 0 radical (unpaired) electrons. The second-order valence-corrected chi connectivity index (χ2v) is 8.20. The van der Waals surface area contributed by atoms with Crippen LogP contribution in [0.25, 0.3) is 17.3 Å². The molecule has 7 nitrogen and oxygen atoms in total. The smallest absolute Gasteiger partial charge is 0.433 e. The third-order valence-electron chi connectivity index (χ3n) is 4.39. The molecule has 1 aromatic heterocycles. The summed E-state index contributed by atoms with van der Waals surface area (Å²) in [5.41, 5.74) is 2.30. The van der Waals surface area contributed by atoms with E-state index in [-0.39, 0.29) is 28.6 Å². The van der Waals surface area contributed by atoms with Crippen molar-refractivity contribution in [1.82, 2.24) is 0 Å². The van der Waals surface area contributed by atoms with E-state index in [0.29, 0.717) is 22.1 Å². The van der Waals surface area contributed by atoms with Crippen molar-refractivity contribution in [2.45, 2.75) is 4.34 Å². The molecule has 10 heteroatoms. The number of halogens is 1. The van der Waals surface area contributed by atoms with E-state index in [1.165, 1.54) is 35.2 Å². The quantitative estimate of drug-likeness (QED) is 0.225. The molecule has 0 bridgehead atoms. The minimum Gasteiger partial charge on any atom is -1.00 e. The van der Waals surface area contributed by atoms with Gasteiger partial charge in [-0.1, -0.05) is 17.4 Å². The number of rotatable bonds is 5. The molecule has 0 aliphatic carbocycles. The highest BCUT2D eigenvalue weighted by Gasteiger charge is 2.40. The summed E-state index contributed by atoms with van der Waals surface area (Å²) in [6.45, 7) is 0. The lowest BCUT2D eigenvalue weighted by atomic mass is 10.1. The van der Waals surface area contributed by atoms with Gasteiger partial charge in [0.05, 0.1) is 24.5 Å². The van der Waals surface area contributed by atoms with Gasteiger partial charge in [0.15, 0.2) is 11.5 Å². The van der Waals surface area contributed by atoms with Gasteiger partial charge >= 0.3 is 10.2 Å². The van der Waals surface area contributed by atoms with Crippen LogP contribution in [-0.2, 0) is 0 Å². The Morgan fingerprint density at radius 2 is 1.77 bits per heavy atom. The maximum absolute atomic E-state index is 13.0. The van der Waals surface area contributed by atoms with E-state index in [1.54, 1.807) is 37.0 Å². The first kappa shape index (κ1) is 22.0. The van der Waals surface area contributed by atoms with Crippen molar-refractivity contribution in [3.63, 3.8) is 0 Å². The number of nitro groups is 1. The zero-order valence-corrected chi connectivity index (χ0v) is 19.0. The summed E-state index contributed by atoms with van der Waals surface area (Å²) in [7, 11) is 3.13. The standard InChI is InChI=1S/C20H15N2O5S2.BrH/c1-26-16-8-3-12(9-17(16)27-2)10-18-19(23)21-15(11-28-20(21)29-18)13-4-6-14(7-5-13)22(24)25;/h3-11H,1-2H3;1H/q+1;/p-1. The number of hydrogen-bond donors (Lipinski definition) is 0. The average molecular weight is 507 g/mol. The summed E-state index contributed by atoms with van der Waals surface area (Å²) in [5, 5.41) is 12.7. The molecule has 154 valence electrons. The van der Waals surface area contributed by atoms with Gasteiger partial charge < -0.3 is 26.5 Å².